The Morgan fingerprint density at radius 1 is 1.11 bits per heavy atom. The van der Waals surface area contributed by atoms with Crippen molar-refractivity contribution < 1.29 is 4.74 Å². The quantitative estimate of drug-likeness (QED) is 0.746. The molecule has 1 heterocycles. The van der Waals surface area contributed by atoms with E-state index >= 15 is 0 Å². The van der Waals surface area contributed by atoms with Gasteiger partial charge in [-0.05, 0) is 30.5 Å². The zero-order valence-electron chi connectivity index (χ0n) is 10.0. The van der Waals surface area contributed by atoms with Crippen molar-refractivity contribution in [3.63, 3.8) is 0 Å². The number of aryl methyl sites for hydroxylation is 1. The van der Waals surface area contributed by atoms with E-state index < -0.39 is 0 Å². The highest BCUT2D eigenvalue weighted by Crippen LogP contribution is 2.18. The van der Waals surface area contributed by atoms with Gasteiger partial charge in [-0.2, -0.15) is 5.26 Å². The smallest absolute Gasteiger partial charge is 0.219 e. The summed E-state index contributed by atoms with van der Waals surface area (Å²) in [6, 6.07) is 15.6. The molecule has 0 saturated heterocycles. The lowest BCUT2D eigenvalue weighted by atomic mass is 10.1. The molecule has 3 nitrogen and oxygen atoms in total. The molecule has 3 heteroatoms. The van der Waals surface area contributed by atoms with Crippen molar-refractivity contribution in [3.05, 3.63) is 54.2 Å². The Morgan fingerprint density at radius 2 is 1.94 bits per heavy atom. The number of para-hydroxylation sites is 1. The maximum atomic E-state index is 8.47. The normalized spacial score (nSPS) is 9.72. The third kappa shape index (κ3) is 3.60. The highest BCUT2D eigenvalue weighted by atomic mass is 16.5. The largest absolute Gasteiger partial charge is 0.439 e. The lowest BCUT2D eigenvalue weighted by molar-refractivity contribution is 0.462. The van der Waals surface area contributed by atoms with Crippen LogP contribution in [0.4, 0.5) is 0 Å². The minimum absolute atomic E-state index is 0.586. The average molecular weight is 238 g/mol. The fourth-order valence-electron chi connectivity index (χ4n) is 1.60. The Bertz CT molecular complexity index is 514. The molecule has 18 heavy (non-hydrogen) atoms. The molecule has 0 radical (unpaired) electrons. The fourth-order valence-corrected chi connectivity index (χ4v) is 1.60. The molecule has 0 unspecified atom stereocenters. The molecule has 0 saturated carbocycles. The van der Waals surface area contributed by atoms with Crippen LogP contribution >= 0.6 is 0 Å². The minimum Gasteiger partial charge on any atom is -0.439 e. The number of unbranched alkanes of at least 4 members (excludes halogenated alkanes) is 1. The summed E-state index contributed by atoms with van der Waals surface area (Å²) in [5.41, 5.74) is 1.13. The van der Waals surface area contributed by atoms with Gasteiger partial charge in [0.1, 0.15) is 5.75 Å². The molecule has 0 N–H and O–H groups in total. The van der Waals surface area contributed by atoms with Crippen LogP contribution in [-0.4, -0.2) is 4.98 Å². The van der Waals surface area contributed by atoms with Crippen molar-refractivity contribution in [1.82, 2.24) is 4.98 Å². The maximum Gasteiger partial charge on any atom is 0.219 e. The third-order valence-corrected chi connectivity index (χ3v) is 2.52. The Hall–Kier alpha value is -2.34. The van der Waals surface area contributed by atoms with Crippen LogP contribution in [0.15, 0.2) is 48.7 Å². The number of aromatic nitrogens is 1. The first-order valence-electron chi connectivity index (χ1n) is 5.93. The zero-order valence-corrected chi connectivity index (χ0v) is 10.0. The lowest BCUT2D eigenvalue weighted by Gasteiger charge is -2.05. The van der Waals surface area contributed by atoms with E-state index in [1.54, 1.807) is 6.20 Å². The lowest BCUT2D eigenvalue weighted by Crippen LogP contribution is -1.90. The summed E-state index contributed by atoms with van der Waals surface area (Å²) in [6.07, 6.45) is 4.14. The van der Waals surface area contributed by atoms with Crippen LogP contribution in [0.1, 0.15) is 18.4 Å². The van der Waals surface area contributed by atoms with Crippen LogP contribution in [0.25, 0.3) is 0 Å². The van der Waals surface area contributed by atoms with Gasteiger partial charge >= 0.3 is 0 Å². The molecule has 2 rings (SSSR count). The van der Waals surface area contributed by atoms with Crippen molar-refractivity contribution in [2.75, 3.05) is 0 Å². The number of pyridine rings is 1. The first-order valence-corrected chi connectivity index (χ1v) is 5.93. The van der Waals surface area contributed by atoms with Crippen LogP contribution in [-0.2, 0) is 6.42 Å². The van der Waals surface area contributed by atoms with Gasteiger partial charge in [-0.1, -0.05) is 24.3 Å². The molecule has 0 bridgehead atoms. The Morgan fingerprint density at radius 3 is 2.61 bits per heavy atom. The van der Waals surface area contributed by atoms with Crippen molar-refractivity contribution in [3.8, 4) is 17.7 Å². The summed E-state index contributed by atoms with van der Waals surface area (Å²) in [5.74, 6) is 1.37. The molecule has 2 aromatic rings. The Kier molecular flexibility index (Phi) is 4.32. The summed E-state index contributed by atoms with van der Waals surface area (Å²) in [6.45, 7) is 0. The molecule has 0 spiro atoms. The van der Waals surface area contributed by atoms with E-state index in [1.165, 1.54) is 0 Å². The van der Waals surface area contributed by atoms with E-state index in [9.17, 15) is 0 Å². The topological polar surface area (TPSA) is 45.9 Å². The molecule has 0 aliphatic rings. The van der Waals surface area contributed by atoms with Gasteiger partial charge in [0.2, 0.25) is 5.88 Å². The van der Waals surface area contributed by atoms with E-state index in [-0.39, 0.29) is 0 Å². The van der Waals surface area contributed by atoms with Crippen molar-refractivity contribution in [1.29, 1.82) is 5.26 Å². The van der Waals surface area contributed by atoms with Crippen LogP contribution in [0, 0.1) is 11.3 Å². The summed E-state index contributed by atoms with van der Waals surface area (Å²) in [5, 5.41) is 8.47. The second-order valence-electron chi connectivity index (χ2n) is 3.93. The van der Waals surface area contributed by atoms with Gasteiger partial charge in [0.25, 0.3) is 0 Å². The van der Waals surface area contributed by atoms with E-state index in [2.05, 4.69) is 11.1 Å². The summed E-state index contributed by atoms with van der Waals surface area (Å²) < 4.78 is 5.60. The van der Waals surface area contributed by atoms with E-state index in [1.807, 2.05) is 42.5 Å². The van der Waals surface area contributed by atoms with Gasteiger partial charge in [0.15, 0.2) is 0 Å². The van der Waals surface area contributed by atoms with Gasteiger partial charge in [-0.15, -0.1) is 0 Å². The van der Waals surface area contributed by atoms with Gasteiger partial charge < -0.3 is 4.74 Å². The van der Waals surface area contributed by atoms with Crippen molar-refractivity contribution in [2.24, 2.45) is 0 Å². The Labute approximate surface area is 107 Å². The molecule has 0 fully saturated rings. The summed E-state index contributed by atoms with van der Waals surface area (Å²) >= 11 is 0. The number of hydrogen-bond acceptors (Lipinski definition) is 3. The van der Waals surface area contributed by atoms with Crippen LogP contribution in [0.2, 0.25) is 0 Å². The zero-order chi connectivity index (χ0) is 12.6. The Balaban J connectivity index is 1.94. The van der Waals surface area contributed by atoms with Crippen molar-refractivity contribution >= 4 is 0 Å². The molecule has 0 aliphatic carbocycles. The number of benzene rings is 1. The molecule has 1 aromatic carbocycles. The fraction of sp³-hybridized carbons (Fsp3) is 0.200. The monoisotopic (exact) mass is 238 g/mol. The number of nitriles is 1. The van der Waals surface area contributed by atoms with Crippen LogP contribution in [0.3, 0.4) is 0 Å². The third-order valence-electron chi connectivity index (χ3n) is 2.52. The van der Waals surface area contributed by atoms with E-state index in [0.29, 0.717) is 12.3 Å². The summed E-state index contributed by atoms with van der Waals surface area (Å²) in [4.78, 5) is 4.25. The second-order valence-corrected chi connectivity index (χ2v) is 3.93. The number of nitrogens with zero attached hydrogens (tertiary/aromatic N) is 2. The van der Waals surface area contributed by atoms with E-state index in [0.717, 1.165) is 24.2 Å². The van der Waals surface area contributed by atoms with Crippen LogP contribution < -0.4 is 4.74 Å². The number of hydrogen-bond donors (Lipinski definition) is 0. The van der Waals surface area contributed by atoms with Gasteiger partial charge in [-0.25, -0.2) is 4.98 Å². The molecule has 0 amide bonds. The predicted octanol–water partition coefficient (Wildman–Crippen LogP) is 3.72. The standard InChI is InChI=1S/C15H14N2O/c16-11-5-4-6-13-9-10-15(17-12-13)18-14-7-2-1-3-8-14/h1-3,7-10,12H,4-6H2. The summed E-state index contributed by atoms with van der Waals surface area (Å²) in [7, 11) is 0. The SMILES string of the molecule is N#CCCCc1ccc(Oc2ccccc2)nc1. The average Bonchev–Trinajstić information content (AvgIpc) is 2.42. The van der Waals surface area contributed by atoms with E-state index in [4.69, 9.17) is 10.00 Å². The van der Waals surface area contributed by atoms with Gasteiger partial charge in [-0.3, -0.25) is 0 Å². The first kappa shape index (κ1) is 12.1. The van der Waals surface area contributed by atoms with Gasteiger partial charge in [0, 0.05) is 18.7 Å². The minimum atomic E-state index is 0.586. The molecular formula is C15H14N2O. The maximum absolute atomic E-state index is 8.47. The first-order chi connectivity index (χ1) is 8.88. The van der Waals surface area contributed by atoms with Crippen molar-refractivity contribution in [2.45, 2.75) is 19.3 Å². The molecule has 0 aliphatic heterocycles. The molecular weight excluding hydrogens is 224 g/mol. The van der Waals surface area contributed by atoms with Crippen LogP contribution in [0.5, 0.6) is 11.6 Å². The van der Waals surface area contributed by atoms with Gasteiger partial charge in [0.05, 0.1) is 6.07 Å². The molecule has 90 valence electrons. The second kappa shape index (κ2) is 6.41. The number of ether oxygens (including phenoxy) is 1. The highest BCUT2D eigenvalue weighted by molar-refractivity contribution is 5.27. The molecule has 0 atom stereocenters. The highest BCUT2D eigenvalue weighted by Gasteiger charge is 1.99. The molecule has 1 aromatic heterocycles. The predicted molar refractivity (Wildman–Crippen MR) is 69.3 cm³/mol. The number of rotatable bonds is 5.